The summed E-state index contributed by atoms with van der Waals surface area (Å²) < 4.78 is 7.37. The molecule has 1 aliphatic heterocycles. The van der Waals surface area contributed by atoms with Crippen molar-refractivity contribution < 1.29 is 9.53 Å². The molecular formula is C23H27N5O2. The molecule has 0 unspecified atom stereocenters. The molecule has 1 fully saturated rings. The van der Waals surface area contributed by atoms with Gasteiger partial charge in [0.2, 0.25) is 0 Å². The van der Waals surface area contributed by atoms with Gasteiger partial charge in [-0.3, -0.25) is 14.7 Å². The maximum absolute atomic E-state index is 12.8. The lowest BCUT2D eigenvalue weighted by molar-refractivity contribution is 0.0161. The first-order valence-corrected chi connectivity index (χ1v) is 10.3. The average Bonchev–Trinajstić information content (AvgIpc) is 3.13. The number of morpholine rings is 1. The molecule has 1 atom stereocenters. The van der Waals surface area contributed by atoms with Gasteiger partial charge in [-0.2, -0.15) is 5.10 Å². The van der Waals surface area contributed by atoms with Crippen LogP contribution in [-0.4, -0.2) is 58.4 Å². The van der Waals surface area contributed by atoms with Crippen molar-refractivity contribution in [3.05, 3.63) is 77.4 Å². The number of aryl methyl sites for hydroxylation is 2. The van der Waals surface area contributed by atoms with Gasteiger partial charge in [0.15, 0.2) is 0 Å². The topological polar surface area (TPSA) is 72.3 Å². The molecule has 0 bridgehead atoms. The third kappa shape index (κ3) is 4.58. The van der Waals surface area contributed by atoms with Crippen LogP contribution in [0, 0.1) is 13.8 Å². The van der Waals surface area contributed by atoms with E-state index in [0.29, 0.717) is 25.3 Å². The minimum Gasteiger partial charge on any atom is -0.379 e. The molecule has 3 aromatic rings. The summed E-state index contributed by atoms with van der Waals surface area (Å²) in [6.07, 6.45) is 3.64. The van der Waals surface area contributed by atoms with E-state index in [1.54, 1.807) is 6.20 Å². The smallest absolute Gasteiger partial charge is 0.251 e. The van der Waals surface area contributed by atoms with Crippen LogP contribution < -0.4 is 5.32 Å². The summed E-state index contributed by atoms with van der Waals surface area (Å²) in [6, 6.07) is 13.6. The van der Waals surface area contributed by atoms with Crippen LogP contribution in [0.3, 0.4) is 0 Å². The van der Waals surface area contributed by atoms with Gasteiger partial charge in [-0.05, 0) is 55.8 Å². The van der Waals surface area contributed by atoms with Crippen LogP contribution in [0.25, 0.3) is 5.69 Å². The fourth-order valence-corrected chi connectivity index (χ4v) is 3.86. The Labute approximate surface area is 176 Å². The Morgan fingerprint density at radius 3 is 2.57 bits per heavy atom. The molecule has 7 nitrogen and oxygen atoms in total. The quantitative estimate of drug-likeness (QED) is 0.683. The molecule has 0 saturated carbocycles. The first-order chi connectivity index (χ1) is 14.6. The molecule has 3 heterocycles. The minimum absolute atomic E-state index is 0.0699. The van der Waals surface area contributed by atoms with Gasteiger partial charge < -0.3 is 10.1 Å². The lowest BCUT2D eigenvalue weighted by Gasteiger charge is -2.34. The Morgan fingerprint density at radius 2 is 1.93 bits per heavy atom. The van der Waals surface area contributed by atoms with Gasteiger partial charge in [-0.15, -0.1) is 0 Å². The van der Waals surface area contributed by atoms with E-state index in [0.717, 1.165) is 35.7 Å². The second kappa shape index (κ2) is 9.19. The lowest BCUT2D eigenvalue weighted by Crippen LogP contribution is -2.43. The molecule has 0 aliphatic carbocycles. The van der Waals surface area contributed by atoms with Crippen molar-refractivity contribution >= 4 is 5.91 Å². The van der Waals surface area contributed by atoms with Crippen molar-refractivity contribution in [2.24, 2.45) is 0 Å². The van der Waals surface area contributed by atoms with E-state index in [4.69, 9.17) is 4.74 Å². The number of benzene rings is 1. The van der Waals surface area contributed by atoms with Gasteiger partial charge in [-0.25, -0.2) is 4.68 Å². The van der Waals surface area contributed by atoms with Gasteiger partial charge in [0.1, 0.15) is 0 Å². The van der Waals surface area contributed by atoms with Crippen LogP contribution in [0.15, 0.2) is 54.9 Å². The Balaban J connectivity index is 1.44. The molecule has 1 N–H and O–H groups in total. The summed E-state index contributed by atoms with van der Waals surface area (Å²) >= 11 is 0. The van der Waals surface area contributed by atoms with Gasteiger partial charge in [0.25, 0.3) is 5.91 Å². The average molecular weight is 406 g/mol. The molecule has 1 saturated heterocycles. The number of pyridine rings is 1. The number of rotatable bonds is 6. The summed E-state index contributed by atoms with van der Waals surface area (Å²) in [4.78, 5) is 19.4. The summed E-state index contributed by atoms with van der Waals surface area (Å²) in [6.45, 7) is 7.60. The van der Waals surface area contributed by atoms with Gasteiger partial charge in [-0.1, -0.05) is 6.07 Å². The van der Waals surface area contributed by atoms with E-state index in [1.807, 2.05) is 61.1 Å². The molecule has 156 valence electrons. The molecule has 30 heavy (non-hydrogen) atoms. The molecule has 2 aromatic heterocycles. The van der Waals surface area contributed by atoms with Crippen molar-refractivity contribution in [2.45, 2.75) is 19.9 Å². The molecule has 4 rings (SSSR count). The third-order valence-electron chi connectivity index (χ3n) is 5.40. The predicted octanol–water partition coefficient (Wildman–Crippen LogP) is 2.69. The second-order valence-corrected chi connectivity index (χ2v) is 7.55. The van der Waals surface area contributed by atoms with Crippen molar-refractivity contribution in [3.8, 4) is 5.69 Å². The highest BCUT2D eigenvalue weighted by molar-refractivity contribution is 5.94. The number of hydrogen-bond acceptors (Lipinski definition) is 5. The number of hydrogen-bond donors (Lipinski definition) is 1. The van der Waals surface area contributed by atoms with Gasteiger partial charge >= 0.3 is 0 Å². The van der Waals surface area contributed by atoms with E-state index in [1.165, 1.54) is 0 Å². The lowest BCUT2D eigenvalue weighted by atomic mass is 10.1. The predicted molar refractivity (Wildman–Crippen MR) is 115 cm³/mol. The maximum Gasteiger partial charge on any atom is 0.251 e. The SMILES string of the molecule is Cc1cc(C)n(-c2ccc(C(=O)NC[C@H](c3cccnc3)N3CCOCC3)cc2)n1. The third-order valence-corrected chi connectivity index (χ3v) is 5.40. The first-order valence-electron chi connectivity index (χ1n) is 10.3. The zero-order valence-electron chi connectivity index (χ0n) is 17.4. The van der Waals surface area contributed by atoms with E-state index in [9.17, 15) is 4.79 Å². The van der Waals surface area contributed by atoms with E-state index < -0.39 is 0 Å². The highest BCUT2D eigenvalue weighted by atomic mass is 16.5. The number of carbonyl (C=O) groups is 1. The summed E-state index contributed by atoms with van der Waals surface area (Å²) in [5, 5.41) is 7.59. The Morgan fingerprint density at radius 1 is 1.17 bits per heavy atom. The molecule has 1 aliphatic rings. The molecule has 0 radical (unpaired) electrons. The molecular weight excluding hydrogens is 378 g/mol. The monoisotopic (exact) mass is 405 g/mol. The number of nitrogens with one attached hydrogen (secondary N) is 1. The van der Waals surface area contributed by atoms with Crippen LogP contribution in [0.1, 0.15) is 33.4 Å². The first kappa shape index (κ1) is 20.3. The Kier molecular flexibility index (Phi) is 6.21. The highest BCUT2D eigenvalue weighted by Crippen LogP contribution is 2.21. The normalized spacial score (nSPS) is 15.7. The van der Waals surface area contributed by atoms with Crippen molar-refractivity contribution in [2.75, 3.05) is 32.8 Å². The van der Waals surface area contributed by atoms with Crippen LogP contribution in [0.4, 0.5) is 0 Å². The number of carbonyl (C=O) groups excluding carboxylic acids is 1. The fourth-order valence-electron chi connectivity index (χ4n) is 3.86. The molecule has 1 amide bonds. The van der Waals surface area contributed by atoms with Gasteiger partial charge in [0, 0.05) is 43.3 Å². The number of nitrogens with zero attached hydrogens (tertiary/aromatic N) is 4. The number of aromatic nitrogens is 3. The number of ether oxygens (including phenoxy) is 1. The Hall–Kier alpha value is -3.03. The largest absolute Gasteiger partial charge is 0.379 e. The van der Waals surface area contributed by atoms with E-state index in [-0.39, 0.29) is 11.9 Å². The van der Waals surface area contributed by atoms with Crippen molar-refractivity contribution in [1.29, 1.82) is 0 Å². The second-order valence-electron chi connectivity index (χ2n) is 7.55. The maximum atomic E-state index is 12.8. The fraction of sp³-hybridized carbons (Fsp3) is 0.348. The zero-order valence-corrected chi connectivity index (χ0v) is 17.4. The summed E-state index contributed by atoms with van der Waals surface area (Å²) in [7, 11) is 0. The van der Waals surface area contributed by atoms with E-state index in [2.05, 4.69) is 26.4 Å². The van der Waals surface area contributed by atoms with E-state index >= 15 is 0 Å². The van der Waals surface area contributed by atoms with Crippen molar-refractivity contribution in [3.63, 3.8) is 0 Å². The van der Waals surface area contributed by atoms with Crippen LogP contribution in [0.2, 0.25) is 0 Å². The minimum atomic E-state index is -0.0860. The summed E-state index contributed by atoms with van der Waals surface area (Å²) in [5.41, 5.74) is 4.71. The zero-order chi connectivity index (χ0) is 20.9. The van der Waals surface area contributed by atoms with Crippen LogP contribution in [-0.2, 0) is 4.74 Å². The molecule has 1 aromatic carbocycles. The molecule has 0 spiro atoms. The number of amides is 1. The Bertz CT molecular complexity index is 979. The van der Waals surface area contributed by atoms with Crippen LogP contribution in [0.5, 0.6) is 0 Å². The van der Waals surface area contributed by atoms with Crippen LogP contribution >= 0.6 is 0 Å². The van der Waals surface area contributed by atoms with Gasteiger partial charge in [0.05, 0.1) is 30.6 Å². The standard InChI is InChI=1S/C23H27N5O2/c1-17-14-18(2)28(26-17)21-7-5-19(6-8-21)23(29)25-16-22(20-4-3-9-24-15-20)27-10-12-30-13-11-27/h3-9,14-15,22H,10-13,16H2,1-2H3,(H,25,29)/t22-/m1/s1. The summed E-state index contributed by atoms with van der Waals surface area (Å²) in [5.74, 6) is -0.0860. The van der Waals surface area contributed by atoms with Crippen molar-refractivity contribution in [1.82, 2.24) is 25.0 Å². The molecule has 7 heteroatoms. The highest BCUT2D eigenvalue weighted by Gasteiger charge is 2.23.